The fraction of sp³-hybridized carbons (Fsp3) is 0. The predicted molar refractivity (Wildman–Crippen MR) is 54.1 cm³/mol. The Hall–Kier alpha value is 0.303. The zero-order valence-electron chi connectivity index (χ0n) is 5.93. The van der Waals surface area contributed by atoms with Gasteiger partial charge in [0.05, 0.1) is 0 Å². The van der Waals surface area contributed by atoms with Gasteiger partial charge in [-0.25, -0.2) is 0 Å². The number of carbonyl (C=O) groups is 1. The van der Waals surface area contributed by atoms with Crippen molar-refractivity contribution < 1.29 is 4.79 Å². The van der Waals surface area contributed by atoms with Crippen LogP contribution in [0.4, 0.5) is 0 Å². The molecule has 0 saturated heterocycles. The van der Waals surface area contributed by atoms with Crippen molar-refractivity contribution in [1.82, 2.24) is 0 Å². The van der Waals surface area contributed by atoms with Crippen molar-refractivity contribution in [1.29, 1.82) is 0 Å². The first-order valence-electron chi connectivity index (χ1n) is 3.18. The molecule has 5 heteroatoms. The van der Waals surface area contributed by atoms with Crippen molar-refractivity contribution in [2.75, 3.05) is 0 Å². The number of hydrogen-bond acceptors (Lipinski definition) is 1. The van der Waals surface area contributed by atoms with Crippen molar-refractivity contribution in [2.45, 2.75) is 0 Å². The summed E-state index contributed by atoms with van der Waals surface area (Å²) in [6.07, 6.45) is 0. The SMILES string of the molecule is O=[C](c1ccccc1)[Ge]([Cl])([Cl])[Cl]. The van der Waals surface area contributed by atoms with Gasteiger partial charge >= 0.3 is 85.8 Å². The molecule has 0 aliphatic heterocycles. The van der Waals surface area contributed by atoms with Gasteiger partial charge in [-0.2, -0.15) is 0 Å². The Morgan fingerprint density at radius 2 is 1.58 bits per heavy atom. The van der Waals surface area contributed by atoms with Crippen LogP contribution in [0.5, 0.6) is 0 Å². The fourth-order valence-corrected chi connectivity index (χ4v) is 3.49. The van der Waals surface area contributed by atoms with E-state index in [0.29, 0.717) is 5.56 Å². The summed E-state index contributed by atoms with van der Waals surface area (Å²) in [5.74, 6) is 0. The molecule has 0 spiro atoms. The molecule has 0 N–H and O–H groups in total. The Morgan fingerprint density at radius 3 is 2.00 bits per heavy atom. The van der Waals surface area contributed by atoms with Crippen molar-refractivity contribution in [3.63, 3.8) is 0 Å². The second kappa shape index (κ2) is 4.01. The monoisotopic (exact) mass is 284 g/mol. The van der Waals surface area contributed by atoms with Gasteiger partial charge in [-0.3, -0.25) is 0 Å². The van der Waals surface area contributed by atoms with Crippen molar-refractivity contribution in [3.05, 3.63) is 35.9 Å². The molecule has 64 valence electrons. The molecule has 1 rings (SSSR count). The summed E-state index contributed by atoms with van der Waals surface area (Å²) in [6.45, 7) is 0. The van der Waals surface area contributed by atoms with E-state index in [-0.39, 0.29) is 4.62 Å². The second-order valence-electron chi connectivity index (χ2n) is 2.19. The minimum atomic E-state index is -3.70. The second-order valence-corrected chi connectivity index (χ2v) is 17.1. The van der Waals surface area contributed by atoms with Crippen LogP contribution in [0.3, 0.4) is 0 Å². The summed E-state index contributed by atoms with van der Waals surface area (Å²) in [4.78, 5) is 11.4. The van der Waals surface area contributed by atoms with Crippen LogP contribution in [-0.4, -0.2) is 15.1 Å². The van der Waals surface area contributed by atoms with E-state index in [1.165, 1.54) is 0 Å². The van der Waals surface area contributed by atoms with Crippen LogP contribution in [0.1, 0.15) is 10.4 Å². The van der Waals surface area contributed by atoms with Crippen LogP contribution in [0.15, 0.2) is 30.3 Å². The van der Waals surface area contributed by atoms with Gasteiger partial charge in [0, 0.05) is 0 Å². The van der Waals surface area contributed by atoms with Gasteiger partial charge in [-0.05, 0) is 0 Å². The number of benzene rings is 1. The molecular formula is C7H5Cl3GeO. The van der Waals surface area contributed by atoms with E-state index in [1.54, 1.807) is 24.3 Å². The maximum absolute atomic E-state index is 11.4. The Labute approximate surface area is 85.5 Å². The summed E-state index contributed by atoms with van der Waals surface area (Å²) in [5, 5.41) is 0. The standard InChI is InChI=1S/C7H5Cl3GeO/c8-11(9,10)7(12)6-4-2-1-3-5-6/h1-5H. The molecule has 0 unspecified atom stereocenters. The van der Waals surface area contributed by atoms with E-state index in [1.807, 2.05) is 6.07 Å². The third kappa shape index (κ3) is 2.66. The molecule has 0 fully saturated rings. The number of rotatable bonds is 2. The first kappa shape index (κ1) is 10.4. The van der Waals surface area contributed by atoms with Gasteiger partial charge in [0.25, 0.3) is 0 Å². The first-order valence-corrected chi connectivity index (χ1v) is 12.5. The molecule has 1 aromatic rings. The van der Waals surface area contributed by atoms with Gasteiger partial charge in [-0.15, -0.1) is 0 Å². The van der Waals surface area contributed by atoms with E-state index in [9.17, 15) is 4.79 Å². The molecule has 1 aromatic carbocycles. The normalized spacial score (nSPS) is 11.2. The van der Waals surface area contributed by atoms with Crippen LogP contribution in [0.2, 0.25) is 0 Å². The fourth-order valence-electron chi connectivity index (χ4n) is 0.753. The van der Waals surface area contributed by atoms with Crippen LogP contribution >= 0.6 is 30.0 Å². The van der Waals surface area contributed by atoms with E-state index in [2.05, 4.69) is 0 Å². The molecule has 0 radical (unpaired) electrons. The molecule has 0 aromatic heterocycles. The summed E-state index contributed by atoms with van der Waals surface area (Å²) in [6, 6.07) is 8.59. The molecule has 0 saturated carbocycles. The van der Waals surface area contributed by atoms with Crippen molar-refractivity contribution >= 4 is 45.1 Å². The third-order valence-electron chi connectivity index (χ3n) is 1.29. The van der Waals surface area contributed by atoms with Gasteiger partial charge in [0.15, 0.2) is 0 Å². The van der Waals surface area contributed by atoms with Crippen LogP contribution in [0.25, 0.3) is 0 Å². The summed E-state index contributed by atoms with van der Waals surface area (Å²) in [5.41, 5.74) is 0.484. The van der Waals surface area contributed by atoms with E-state index < -0.39 is 10.5 Å². The Balaban J connectivity index is 2.94. The molecule has 0 atom stereocenters. The molecule has 12 heavy (non-hydrogen) atoms. The van der Waals surface area contributed by atoms with Gasteiger partial charge in [-0.1, -0.05) is 0 Å². The predicted octanol–water partition coefficient (Wildman–Crippen LogP) is 3.06. The van der Waals surface area contributed by atoms with Gasteiger partial charge in [0.2, 0.25) is 0 Å². The molecule has 0 bridgehead atoms. The van der Waals surface area contributed by atoms with Crippen molar-refractivity contribution in [2.24, 2.45) is 0 Å². The molecule has 0 aliphatic carbocycles. The topological polar surface area (TPSA) is 17.1 Å². The molecule has 1 nitrogen and oxygen atoms in total. The molecular weight excluding hydrogens is 279 g/mol. The summed E-state index contributed by atoms with van der Waals surface area (Å²) >= 11 is 0. The maximum atomic E-state index is 11.4. The molecule has 0 heterocycles. The van der Waals surface area contributed by atoms with Gasteiger partial charge in [0.1, 0.15) is 0 Å². The zero-order chi connectivity index (χ0) is 9.19. The number of carbonyl (C=O) groups excluding carboxylic acids is 1. The number of halogens is 3. The first-order chi connectivity index (χ1) is 5.52. The average Bonchev–Trinajstić information content (AvgIpc) is 2.03. The van der Waals surface area contributed by atoms with Crippen LogP contribution < -0.4 is 0 Å². The van der Waals surface area contributed by atoms with Crippen molar-refractivity contribution in [3.8, 4) is 0 Å². The summed E-state index contributed by atoms with van der Waals surface area (Å²) in [7, 11) is 13.1. The van der Waals surface area contributed by atoms with Gasteiger partial charge < -0.3 is 0 Å². The van der Waals surface area contributed by atoms with E-state index in [4.69, 9.17) is 30.0 Å². The Bertz CT molecular complexity index is 280. The van der Waals surface area contributed by atoms with E-state index in [0.717, 1.165) is 0 Å². The average molecular weight is 284 g/mol. The quantitative estimate of drug-likeness (QED) is 0.763. The van der Waals surface area contributed by atoms with Crippen LogP contribution in [-0.2, 0) is 0 Å². The Morgan fingerprint density at radius 1 is 1.08 bits per heavy atom. The van der Waals surface area contributed by atoms with Crippen LogP contribution in [0, 0.1) is 0 Å². The number of hydrogen-bond donors (Lipinski definition) is 0. The molecule has 0 amide bonds. The molecule has 0 aliphatic rings. The summed E-state index contributed by atoms with van der Waals surface area (Å²) < 4.78 is -0.319. The third-order valence-corrected chi connectivity index (χ3v) is 5.66. The zero-order valence-corrected chi connectivity index (χ0v) is 10.3. The Kier molecular flexibility index (Phi) is 3.47. The minimum absolute atomic E-state index is 0.319. The van der Waals surface area contributed by atoms with E-state index >= 15 is 0 Å².